The van der Waals surface area contributed by atoms with E-state index in [0.29, 0.717) is 5.56 Å². The van der Waals surface area contributed by atoms with E-state index in [1.807, 2.05) is 0 Å². The summed E-state index contributed by atoms with van der Waals surface area (Å²) in [6, 6.07) is 23.0. The zero-order valence-corrected chi connectivity index (χ0v) is 37.9. The molecule has 4 fully saturated rings. The smallest absolute Gasteiger partial charge is 0.410 e. The number of carbonyl (C=O) groups excluding carboxylic acids is 6. The Morgan fingerprint density at radius 2 is 1.45 bits per heavy atom. The van der Waals surface area contributed by atoms with Gasteiger partial charge >= 0.3 is 24.0 Å². The minimum absolute atomic E-state index is 0.0155. The maximum absolute atomic E-state index is 15.9. The molecule has 11 atom stereocenters. The standard InChI is InChI=1S/C50H56N2O15/c1-28-33(64-45(59)38(55)37(30-15-9-6-10-16-30)51-43(57)31-17-11-7-12-18-31)26-50(61)42(66-44(58)32-19-13-8-14-20-32)40-48(5,34(54)25-35-49(40,27-63-35)67-29(2)53)41(56)39(36(28)47(50,3)4)65-46(60)52-21-23-62-24-22-52/h6-20,33-35,37-40,42,54-55,61H,21-27H2,1-5H3,(H,51,57)/t33-,34-,35+,37?,38+,39+,40?,42-,48+,49-,50+/m0/s1. The fraction of sp³-hybridized carbons (Fsp3) is 0.480. The molecule has 2 unspecified atom stereocenters. The normalized spacial score (nSPS) is 31.8. The number of esters is 3. The lowest BCUT2D eigenvalue weighted by Gasteiger charge is -2.67. The Kier molecular flexibility index (Phi) is 12.9. The number of ether oxygens (including phenoxy) is 6. The summed E-state index contributed by atoms with van der Waals surface area (Å²) in [7, 11) is 0. The largest absolute Gasteiger partial charge is 0.456 e. The summed E-state index contributed by atoms with van der Waals surface area (Å²) in [6.45, 7) is 7.56. The van der Waals surface area contributed by atoms with E-state index in [1.165, 1.54) is 30.9 Å². The second-order valence-electron chi connectivity index (χ2n) is 18.7. The van der Waals surface area contributed by atoms with Crippen LogP contribution in [0.25, 0.3) is 0 Å². The van der Waals surface area contributed by atoms with E-state index in [-0.39, 0.29) is 61.6 Å². The molecule has 356 valence electrons. The average Bonchev–Trinajstić information content (AvgIpc) is 3.32. The quantitative estimate of drug-likeness (QED) is 0.129. The number of rotatable bonds is 10. The predicted octanol–water partition coefficient (Wildman–Crippen LogP) is 3.64. The molecule has 3 aromatic rings. The molecule has 17 nitrogen and oxygen atoms in total. The number of Topliss-reactive ketones (excluding diaryl/α,β-unsaturated/α-hetero) is 1. The molecule has 2 aliphatic heterocycles. The number of aliphatic hydroxyl groups is 3. The van der Waals surface area contributed by atoms with Crippen LogP contribution in [-0.2, 0) is 42.8 Å². The van der Waals surface area contributed by atoms with Gasteiger partial charge in [-0.05, 0) is 54.8 Å². The molecule has 0 radical (unpaired) electrons. The molecule has 5 aliphatic rings. The summed E-state index contributed by atoms with van der Waals surface area (Å²) < 4.78 is 36.4. The van der Waals surface area contributed by atoms with Crippen molar-refractivity contribution in [2.45, 2.75) is 101 Å². The SMILES string of the molecule is CC(=O)O[C@@]12CO[C@@H]1C[C@H](O)[C@@]1(C)C(=O)[C@H](OC(=O)N3CCOCC3)C3=C(C)[C@@H](OC(=O)[C@H](O)C(NC(=O)c4ccccc4)c4ccccc4)C[C@@](O)([C@@H](OC(=O)c4ccccc4)C12)C3(C)C. The number of benzene rings is 3. The van der Waals surface area contributed by atoms with Crippen molar-refractivity contribution < 1.29 is 72.5 Å². The minimum atomic E-state index is -2.43. The average molecular weight is 925 g/mol. The number of hydrogen-bond donors (Lipinski definition) is 4. The number of aliphatic hydroxyl groups excluding tert-OH is 2. The maximum atomic E-state index is 15.9. The third-order valence-electron chi connectivity index (χ3n) is 14.7. The van der Waals surface area contributed by atoms with Gasteiger partial charge in [0.1, 0.15) is 23.9 Å². The van der Waals surface area contributed by atoms with Crippen molar-refractivity contribution in [3.05, 3.63) is 119 Å². The fourth-order valence-electron chi connectivity index (χ4n) is 10.9. The highest BCUT2D eigenvalue weighted by atomic mass is 16.6. The van der Waals surface area contributed by atoms with Crippen LogP contribution in [0, 0.1) is 16.7 Å². The van der Waals surface area contributed by atoms with Gasteiger partial charge in [-0.25, -0.2) is 14.4 Å². The van der Waals surface area contributed by atoms with Crippen LogP contribution < -0.4 is 5.32 Å². The fourth-order valence-corrected chi connectivity index (χ4v) is 10.9. The Labute approximate surface area is 387 Å². The number of amides is 2. The first-order chi connectivity index (χ1) is 31.8. The number of morpholine rings is 1. The van der Waals surface area contributed by atoms with E-state index in [2.05, 4.69) is 5.32 Å². The van der Waals surface area contributed by atoms with Crippen LogP contribution in [0.4, 0.5) is 4.79 Å². The molecule has 67 heavy (non-hydrogen) atoms. The molecule has 17 heteroatoms. The van der Waals surface area contributed by atoms with E-state index in [0.717, 1.165) is 6.92 Å². The van der Waals surface area contributed by atoms with Gasteiger partial charge in [-0.2, -0.15) is 0 Å². The molecule has 2 saturated heterocycles. The van der Waals surface area contributed by atoms with Gasteiger partial charge in [-0.3, -0.25) is 14.4 Å². The minimum Gasteiger partial charge on any atom is -0.456 e. The van der Waals surface area contributed by atoms with Crippen LogP contribution in [0.3, 0.4) is 0 Å². The molecule has 4 N–H and O–H groups in total. The van der Waals surface area contributed by atoms with Gasteiger partial charge < -0.3 is 54.0 Å². The van der Waals surface area contributed by atoms with Crippen molar-refractivity contribution >= 4 is 35.7 Å². The predicted molar refractivity (Wildman–Crippen MR) is 235 cm³/mol. The number of fused-ring (bicyclic) bond motifs is 5. The van der Waals surface area contributed by atoms with E-state index >= 15 is 4.79 Å². The van der Waals surface area contributed by atoms with E-state index in [1.54, 1.807) is 92.7 Å². The summed E-state index contributed by atoms with van der Waals surface area (Å²) in [5.74, 6) is -6.01. The first-order valence-corrected chi connectivity index (χ1v) is 22.4. The van der Waals surface area contributed by atoms with E-state index in [4.69, 9.17) is 28.4 Å². The Morgan fingerprint density at radius 3 is 2.03 bits per heavy atom. The van der Waals surface area contributed by atoms with Crippen molar-refractivity contribution in [1.82, 2.24) is 10.2 Å². The highest BCUT2D eigenvalue weighted by molar-refractivity contribution is 5.96. The number of carbonyl (C=O) groups is 6. The summed E-state index contributed by atoms with van der Waals surface area (Å²) in [4.78, 5) is 87.1. The molecular formula is C50H56N2O15. The van der Waals surface area contributed by atoms with Crippen LogP contribution >= 0.6 is 0 Å². The zero-order valence-electron chi connectivity index (χ0n) is 37.9. The van der Waals surface area contributed by atoms with Crippen LogP contribution in [0.15, 0.2) is 102 Å². The molecule has 2 bridgehead atoms. The molecule has 3 aromatic carbocycles. The van der Waals surface area contributed by atoms with Gasteiger partial charge in [0.25, 0.3) is 5.91 Å². The molecule has 0 aromatic heterocycles. The third kappa shape index (κ3) is 8.19. The summed E-state index contributed by atoms with van der Waals surface area (Å²) in [6.07, 6.45) is -11.6. The lowest BCUT2D eigenvalue weighted by atomic mass is 9.44. The zero-order chi connectivity index (χ0) is 48.1. The van der Waals surface area contributed by atoms with E-state index < -0.39 is 113 Å². The van der Waals surface area contributed by atoms with Gasteiger partial charge in [-0.1, -0.05) is 80.6 Å². The molecule has 8 rings (SSSR count). The lowest BCUT2D eigenvalue weighted by molar-refractivity contribution is -0.346. The molecule has 3 aliphatic carbocycles. The van der Waals surface area contributed by atoms with Crippen molar-refractivity contribution in [1.29, 1.82) is 0 Å². The molecular weight excluding hydrogens is 869 g/mol. The van der Waals surface area contributed by atoms with Crippen LogP contribution in [0.5, 0.6) is 0 Å². The third-order valence-corrected chi connectivity index (χ3v) is 14.7. The first kappa shape index (κ1) is 47.5. The number of hydrogen-bond acceptors (Lipinski definition) is 15. The van der Waals surface area contributed by atoms with Crippen LogP contribution in [0.2, 0.25) is 0 Å². The summed E-state index contributed by atoms with van der Waals surface area (Å²) >= 11 is 0. The van der Waals surface area contributed by atoms with Crippen molar-refractivity contribution in [2.24, 2.45) is 16.7 Å². The van der Waals surface area contributed by atoms with Crippen LogP contribution in [0.1, 0.15) is 79.8 Å². The topological polar surface area (TPSA) is 234 Å². The molecule has 2 amide bonds. The molecule has 0 spiro atoms. The number of nitrogens with one attached hydrogen (secondary N) is 1. The van der Waals surface area contributed by atoms with Gasteiger partial charge in [-0.15, -0.1) is 0 Å². The highest BCUT2D eigenvalue weighted by Crippen LogP contribution is 2.64. The van der Waals surface area contributed by atoms with Crippen molar-refractivity contribution in [3.8, 4) is 0 Å². The highest BCUT2D eigenvalue weighted by Gasteiger charge is 2.78. The Hall–Kier alpha value is -5.98. The molecule has 2 saturated carbocycles. The summed E-state index contributed by atoms with van der Waals surface area (Å²) in [5.41, 5.74) is -7.21. The Morgan fingerprint density at radius 1 is 0.851 bits per heavy atom. The maximum Gasteiger partial charge on any atom is 0.410 e. The first-order valence-electron chi connectivity index (χ1n) is 22.4. The monoisotopic (exact) mass is 924 g/mol. The Bertz CT molecular complexity index is 2420. The van der Waals surface area contributed by atoms with Crippen molar-refractivity contribution in [3.63, 3.8) is 0 Å². The second kappa shape index (κ2) is 18.3. The van der Waals surface area contributed by atoms with Crippen molar-refractivity contribution in [2.75, 3.05) is 32.9 Å². The van der Waals surface area contributed by atoms with Gasteiger partial charge in [0.05, 0.1) is 48.9 Å². The van der Waals surface area contributed by atoms with E-state index in [9.17, 15) is 39.3 Å². The lowest BCUT2D eigenvalue weighted by Crippen LogP contribution is -2.82. The number of ketones is 1. The number of nitrogens with zero attached hydrogens (tertiary/aromatic N) is 1. The summed E-state index contributed by atoms with van der Waals surface area (Å²) in [5, 5.41) is 40.8. The second-order valence-corrected chi connectivity index (χ2v) is 18.7. The van der Waals surface area contributed by atoms with Crippen LogP contribution in [-0.4, -0.2) is 137 Å². The Balaban J connectivity index is 1.29. The van der Waals surface area contributed by atoms with Gasteiger partial charge in [0, 0.05) is 43.8 Å². The van der Waals surface area contributed by atoms with Gasteiger partial charge in [0.2, 0.25) is 0 Å². The van der Waals surface area contributed by atoms with Gasteiger partial charge in [0.15, 0.2) is 23.6 Å². The molecule has 2 heterocycles.